The summed E-state index contributed by atoms with van der Waals surface area (Å²) in [5.74, 6) is -0.224. The number of nitrogens with two attached hydrogens (primary N) is 1. The number of carbonyl (C=O) groups is 1. The van der Waals surface area contributed by atoms with E-state index < -0.39 is 0 Å². The Balaban J connectivity index is 1.57. The second-order valence-corrected chi connectivity index (χ2v) is 8.73. The molecule has 2 heterocycles. The van der Waals surface area contributed by atoms with Gasteiger partial charge in [-0.25, -0.2) is 0 Å². The summed E-state index contributed by atoms with van der Waals surface area (Å²) < 4.78 is 0. The highest BCUT2D eigenvalue weighted by atomic mass is 35.5. The largest absolute Gasteiger partial charge is 0.370 e. The summed E-state index contributed by atoms with van der Waals surface area (Å²) in [4.78, 5) is 18.6. The first-order chi connectivity index (χ1) is 13.1. The van der Waals surface area contributed by atoms with Crippen LogP contribution in [0, 0.1) is 0 Å². The van der Waals surface area contributed by atoms with E-state index in [1.165, 1.54) is 20.9 Å². The quantitative estimate of drug-likeness (QED) is 0.850. The van der Waals surface area contributed by atoms with Crippen LogP contribution in [0.15, 0.2) is 52.3 Å². The predicted molar refractivity (Wildman–Crippen MR) is 110 cm³/mol. The highest BCUT2D eigenvalue weighted by Gasteiger charge is 2.30. The van der Waals surface area contributed by atoms with Gasteiger partial charge in [0.25, 0.3) is 0 Å². The normalized spacial score (nSPS) is 20.6. The first-order valence-electron chi connectivity index (χ1n) is 9.40. The lowest BCUT2D eigenvalue weighted by atomic mass is 9.96. The van der Waals surface area contributed by atoms with Crippen molar-refractivity contribution in [3.63, 3.8) is 0 Å². The Morgan fingerprint density at radius 2 is 1.89 bits per heavy atom. The van der Waals surface area contributed by atoms with Crippen LogP contribution in [0.25, 0.3) is 0 Å². The lowest BCUT2D eigenvalue weighted by Gasteiger charge is -2.39. The second-order valence-electron chi connectivity index (χ2n) is 7.21. The Kier molecular flexibility index (Phi) is 5.74. The summed E-state index contributed by atoms with van der Waals surface area (Å²) in [6.07, 6.45) is 1.43. The Hall–Kier alpha value is -1.53. The number of rotatable bonds is 4. The summed E-state index contributed by atoms with van der Waals surface area (Å²) in [6.45, 7) is 4.67. The number of carbonyl (C=O) groups excluding carboxylic acids is 1. The molecule has 0 aliphatic carbocycles. The molecule has 4 nitrogen and oxygen atoms in total. The molecular weight excluding hydrogens is 378 g/mol. The maximum Gasteiger partial charge on any atom is 0.218 e. The van der Waals surface area contributed by atoms with Crippen LogP contribution in [0.2, 0.25) is 5.02 Å². The van der Waals surface area contributed by atoms with Gasteiger partial charge in [-0.15, -0.1) is 0 Å². The predicted octanol–water partition coefficient (Wildman–Crippen LogP) is 3.58. The van der Waals surface area contributed by atoms with Gasteiger partial charge >= 0.3 is 0 Å². The summed E-state index contributed by atoms with van der Waals surface area (Å²) in [7, 11) is 0. The fraction of sp³-hybridized carbons (Fsp3) is 0.381. The zero-order valence-electron chi connectivity index (χ0n) is 15.2. The van der Waals surface area contributed by atoms with Gasteiger partial charge in [0.15, 0.2) is 0 Å². The molecule has 0 saturated carbocycles. The number of hydrogen-bond acceptors (Lipinski definition) is 4. The van der Waals surface area contributed by atoms with E-state index in [1.807, 2.05) is 17.8 Å². The Labute approximate surface area is 169 Å². The monoisotopic (exact) mass is 401 g/mol. The molecule has 0 radical (unpaired) electrons. The first kappa shape index (κ1) is 18.8. The highest BCUT2D eigenvalue weighted by molar-refractivity contribution is 7.99. The van der Waals surface area contributed by atoms with E-state index in [2.05, 4.69) is 46.2 Å². The van der Waals surface area contributed by atoms with Crippen molar-refractivity contribution in [3.05, 3.63) is 58.6 Å². The minimum atomic E-state index is -0.224. The van der Waals surface area contributed by atoms with Gasteiger partial charge in [0.1, 0.15) is 0 Å². The van der Waals surface area contributed by atoms with Crippen LogP contribution in [0.5, 0.6) is 0 Å². The van der Waals surface area contributed by atoms with Gasteiger partial charge in [-0.1, -0.05) is 41.6 Å². The number of fused-ring (bicyclic) bond motifs is 2. The molecule has 2 aliphatic rings. The number of nitrogens with zero attached hydrogens (tertiary/aromatic N) is 2. The molecule has 1 fully saturated rings. The molecular formula is C21H24ClN3OS. The van der Waals surface area contributed by atoms with Crippen LogP contribution in [0.1, 0.15) is 23.6 Å². The van der Waals surface area contributed by atoms with E-state index >= 15 is 0 Å². The van der Waals surface area contributed by atoms with Gasteiger partial charge in [0.05, 0.1) is 0 Å². The van der Waals surface area contributed by atoms with Crippen molar-refractivity contribution in [1.29, 1.82) is 0 Å². The number of piperazine rings is 1. The molecule has 27 heavy (non-hydrogen) atoms. The van der Waals surface area contributed by atoms with Crippen LogP contribution in [0.4, 0.5) is 0 Å². The third-order valence-corrected chi connectivity index (χ3v) is 6.90. The molecule has 1 saturated heterocycles. The fourth-order valence-electron chi connectivity index (χ4n) is 3.97. The van der Waals surface area contributed by atoms with E-state index in [4.69, 9.17) is 17.3 Å². The molecule has 142 valence electrons. The first-order valence-corrected chi connectivity index (χ1v) is 10.6. The lowest BCUT2D eigenvalue weighted by molar-refractivity contribution is -0.118. The minimum Gasteiger partial charge on any atom is -0.370 e. The fourth-order valence-corrected chi connectivity index (χ4v) is 5.27. The van der Waals surface area contributed by atoms with E-state index in [0.717, 1.165) is 44.2 Å². The molecule has 4 rings (SSSR count). The summed E-state index contributed by atoms with van der Waals surface area (Å²) in [5.41, 5.74) is 8.02. The van der Waals surface area contributed by atoms with Crippen molar-refractivity contribution in [3.8, 4) is 0 Å². The number of primary amides is 1. The molecule has 1 atom stereocenters. The average Bonchev–Trinajstić information content (AvgIpc) is 2.83. The van der Waals surface area contributed by atoms with Crippen LogP contribution in [0.3, 0.4) is 0 Å². The van der Waals surface area contributed by atoms with Crippen LogP contribution in [-0.4, -0.2) is 48.4 Å². The molecule has 2 N–H and O–H groups in total. The standard InChI is InChI=1S/C21H24ClN3OS/c22-16-5-6-20-17(14-16)18(13-15-3-1-2-4-19(15)27-20)25-11-9-24(10-12-25)8-7-21(23)26/h1-6,14,18H,7-13H2,(H2,23,26)/t18-/m0/s1. The molecule has 1 amide bonds. The van der Waals surface area contributed by atoms with Crippen molar-refractivity contribution >= 4 is 29.3 Å². The molecule has 0 aromatic heterocycles. The summed E-state index contributed by atoms with van der Waals surface area (Å²) in [6, 6.07) is 15.3. The Morgan fingerprint density at radius 1 is 1.11 bits per heavy atom. The third-order valence-electron chi connectivity index (χ3n) is 5.46. The number of amides is 1. The number of benzene rings is 2. The van der Waals surface area contributed by atoms with Crippen molar-refractivity contribution in [2.75, 3.05) is 32.7 Å². The molecule has 2 aromatic carbocycles. The van der Waals surface area contributed by atoms with Crippen LogP contribution < -0.4 is 5.73 Å². The molecule has 6 heteroatoms. The van der Waals surface area contributed by atoms with Gasteiger partial charge in [-0.3, -0.25) is 9.69 Å². The Bertz CT molecular complexity index is 836. The third kappa shape index (κ3) is 4.32. The second kappa shape index (κ2) is 8.23. The van der Waals surface area contributed by atoms with Crippen molar-refractivity contribution in [2.24, 2.45) is 5.73 Å². The molecule has 2 aliphatic heterocycles. The van der Waals surface area contributed by atoms with Gasteiger partial charge in [0.2, 0.25) is 5.91 Å². The SMILES string of the molecule is NC(=O)CCN1CCN([C@H]2Cc3ccccc3Sc3ccc(Cl)cc32)CC1. The Morgan fingerprint density at radius 3 is 2.67 bits per heavy atom. The average molecular weight is 402 g/mol. The minimum absolute atomic E-state index is 0.224. The number of halogens is 1. The molecule has 2 aromatic rings. The zero-order chi connectivity index (χ0) is 18.8. The molecule has 0 spiro atoms. The van der Waals surface area contributed by atoms with Gasteiger partial charge in [-0.2, -0.15) is 0 Å². The summed E-state index contributed by atoms with van der Waals surface area (Å²) in [5, 5.41) is 0.797. The summed E-state index contributed by atoms with van der Waals surface area (Å²) >= 11 is 8.20. The van der Waals surface area contributed by atoms with Crippen LogP contribution >= 0.6 is 23.4 Å². The number of hydrogen-bond donors (Lipinski definition) is 1. The van der Waals surface area contributed by atoms with Crippen molar-refractivity contribution in [2.45, 2.75) is 28.7 Å². The molecule has 0 bridgehead atoms. The van der Waals surface area contributed by atoms with E-state index in [0.29, 0.717) is 12.5 Å². The maximum atomic E-state index is 11.0. The molecule has 0 unspecified atom stereocenters. The van der Waals surface area contributed by atoms with Gasteiger partial charge in [-0.05, 0) is 41.8 Å². The van der Waals surface area contributed by atoms with Crippen molar-refractivity contribution < 1.29 is 4.79 Å². The maximum absolute atomic E-state index is 11.0. The van der Waals surface area contributed by atoms with E-state index in [-0.39, 0.29) is 5.91 Å². The van der Waals surface area contributed by atoms with Gasteiger partial charge in [0, 0.05) is 60.0 Å². The van der Waals surface area contributed by atoms with Gasteiger partial charge < -0.3 is 10.6 Å². The van der Waals surface area contributed by atoms with Crippen LogP contribution in [-0.2, 0) is 11.2 Å². The zero-order valence-corrected chi connectivity index (χ0v) is 16.8. The smallest absolute Gasteiger partial charge is 0.218 e. The van der Waals surface area contributed by atoms with E-state index in [9.17, 15) is 4.79 Å². The topological polar surface area (TPSA) is 49.6 Å². The van der Waals surface area contributed by atoms with Crippen molar-refractivity contribution in [1.82, 2.24) is 9.80 Å². The lowest BCUT2D eigenvalue weighted by Crippen LogP contribution is -2.48. The highest BCUT2D eigenvalue weighted by Crippen LogP contribution is 2.43. The van der Waals surface area contributed by atoms with E-state index in [1.54, 1.807) is 0 Å².